The first kappa shape index (κ1) is 21.6. The van der Waals surface area contributed by atoms with Gasteiger partial charge in [-0.05, 0) is 40.7 Å². The molecule has 3 aromatic rings. The summed E-state index contributed by atoms with van der Waals surface area (Å²) in [5.41, 5.74) is 6.06. The molecule has 0 amide bonds. The maximum atomic E-state index is 14.1. The third-order valence-electron chi connectivity index (χ3n) is 6.40. The van der Waals surface area contributed by atoms with E-state index >= 15 is 0 Å². The van der Waals surface area contributed by atoms with Gasteiger partial charge in [-0.3, -0.25) is 4.90 Å². The van der Waals surface area contributed by atoms with Gasteiger partial charge in [-0.2, -0.15) is 0 Å². The molecule has 1 fully saturated rings. The van der Waals surface area contributed by atoms with Crippen LogP contribution in [0.1, 0.15) is 40.7 Å². The molecule has 2 aliphatic rings. The highest BCUT2D eigenvalue weighted by Crippen LogP contribution is 2.39. The van der Waals surface area contributed by atoms with Gasteiger partial charge in [-0.25, -0.2) is 22.0 Å². The molecule has 6 heteroatoms. The molecule has 0 bridgehead atoms. The molecule has 0 aromatic heterocycles. The van der Waals surface area contributed by atoms with Crippen LogP contribution in [0.15, 0.2) is 54.1 Å². The van der Waals surface area contributed by atoms with Crippen LogP contribution in [-0.4, -0.2) is 18.0 Å². The van der Waals surface area contributed by atoms with Crippen LogP contribution in [0.3, 0.4) is 0 Å². The van der Waals surface area contributed by atoms with Gasteiger partial charge in [-0.1, -0.05) is 66.3 Å². The summed E-state index contributed by atoms with van der Waals surface area (Å²) in [6, 6.07) is 16.3. The zero-order valence-electron chi connectivity index (χ0n) is 17.6. The normalized spacial score (nSPS) is 15.9. The van der Waals surface area contributed by atoms with Crippen molar-refractivity contribution in [2.75, 3.05) is 13.1 Å². The Kier molecular flexibility index (Phi) is 5.62. The van der Waals surface area contributed by atoms with E-state index in [0.29, 0.717) is 25.9 Å². The second-order valence-electron chi connectivity index (χ2n) is 8.31. The van der Waals surface area contributed by atoms with Gasteiger partial charge in [0, 0.05) is 25.2 Å². The Balaban J connectivity index is 1.47. The minimum Gasteiger partial charge on any atom is -0.298 e. The zero-order valence-corrected chi connectivity index (χ0v) is 17.6. The van der Waals surface area contributed by atoms with E-state index in [9.17, 15) is 22.0 Å². The Morgan fingerprint density at radius 1 is 0.606 bits per heavy atom. The Bertz CT molecular complexity index is 1220. The maximum Gasteiger partial charge on any atom is 0.200 e. The first-order chi connectivity index (χ1) is 16.0. The van der Waals surface area contributed by atoms with Crippen molar-refractivity contribution in [1.29, 1.82) is 0 Å². The van der Waals surface area contributed by atoms with Gasteiger partial charge in [0.2, 0.25) is 5.82 Å². The first-order valence-electron chi connectivity index (χ1n) is 10.8. The molecule has 33 heavy (non-hydrogen) atoms. The monoisotopic (exact) mass is 453 g/mol. The van der Waals surface area contributed by atoms with Gasteiger partial charge >= 0.3 is 0 Å². The number of halogens is 5. The van der Waals surface area contributed by atoms with Crippen LogP contribution < -0.4 is 0 Å². The van der Waals surface area contributed by atoms with Crippen molar-refractivity contribution in [2.45, 2.75) is 19.4 Å². The molecular formula is C27H20F5N. The van der Waals surface area contributed by atoms with E-state index in [1.54, 1.807) is 4.90 Å². The molecule has 5 rings (SSSR count). The highest BCUT2D eigenvalue weighted by Gasteiger charge is 2.28. The van der Waals surface area contributed by atoms with Crippen LogP contribution in [-0.2, 0) is 6.54 Å². The van der Waals surface area contributed by atoms with E-state index in [2.05, 4.69) is 36.4 Å². The van der Waals surface area contributed by atoms with E-state index in [1.165, 1.54) is 5.57 Å². The first-order valence-corrected chi connectivity index (χ1v) is 10.8. The van der Waals surface area contributed by atoms with E-state index in [1.807, 2.05) is 24.3 Å². The molecule has 0 unspecified atom stereocenters. The summed E-state index contributed by atoms with van der Waals surface area (Å²) in [5.74, 6) is -9.44. The van der Waals surface area contributed by atoms with E-state index in [0.717, 1.165) is 27.8 Å². The summed E-state index contributed by atoms with van der Waals surface area (Å²) >= 11 is 0. The van der Waals surface area contributed by atoms with Gasteiger partial charge in [0.15, 0.2) is 23.3 Å². The van der Waals surface area contributed by atoms with Gasteiger partial charge in [0.25, 0.3) is 0 Å². The lowest BCUT2D eigenvalue weighted by atomic mass is 9.86. The number of fused-ring (bicyclic) bond motifs is 2. The number of likely N-dealkylation sites (tertiary alicyclic amines) is 1. The van der Waals surface area contributed by atoms with Crippen molar-refractivity contribution < 1.29 is 22.0 Å². The van der Waals surface area contributed by atoms with E-state index in [-0.39, 0.29) is 6.54 Å². The van der Waals surface area contributed by atoms with Crippen LogP contribution in [0.4, 0.5) is 22.0 Å². The number of nitrogens with zero attached hydrogens (tertiary/aromatic N) is 1. The summed E-state index contributed by atoms with van der Waals surface area (Å²) < 4.78 is 68.8. The molecule has 3 aromatic carbocycles. The highest BCUT2D eigenvalue weighted by molar-refractivity contribution is 5.94. The Hall–Kier alpha value is -3.25. The summed E-state index contributed by atoms with van der Waals surface area (Å²) in [7, 11) is 0. The van der Waals surface area contributed by atoms with Crippen molar-refractivity contribution >= 4 is 17.7 Å². The minimum atomic E-state index is -2.13. The molecule has 0 atom stereocenters. The second kappa shape index (κ2) is 8.60. The Morgan fingerprint density at radius 3 is 1.58 bits per heavy atom. The molecular weight excluding hydrogens is 433 g/mol. The van der Waals surface area contributed by atoms with Crippen LogP contribution in [0.25, 0.3) is 17.7 Å². The van der Waals surface area contributed by atoms with Crippen molar-refractivity contribution in [2.24, 2.45) is 0 Å². The fourth-order valence-corrected chi connectivity index (χ4v) is 4.69. The molecule has 0 radical (unpaired) electrons. The predicted molar refractivity (Wildman–Crippen MR) is 119 cm³/mol. The topological polar surface area (TPSA) is 3.24 Å². The highest BCUT2D eigenvalue weighted by atomic mass is 19.2. The zero-order chi connectivity index (χ0) is 23.1. The van der Waals surface area contributed by atoms with Crippen molar-refractivity contribution in [1.82, 2.24) is 4.90 Å². The lowest BCUT2D eigenvalue weighted by molar-refractivity contribution is 0.236. The number of rotatable bonds is 2. The van der Waals surface area contributed by atoms with Crippen LogP contribution in [0, 0.1) is 29.1 Å². The van der Waals surface area contributed by atoms with Gasteiger partial charge in [-0.15, -0.1) is 0 Å². The van der Waals surface area contributed by atoms with Crippen LogP contribution in [0.2, 0.25) is 0 Å². The fourth-order valence-electron chi connectivity index (χ4n) is 4.69. The molecule has 0 N–H and O–H groups in total. The number of hydrogen-bond donors (Lipinski definition) is 0. The van der Waals surface area contributed by atoms with E-state index in [4.69, 9.17) is 0 Å². The summed E-state index contributed by atoms with van der Waals surface area (Å²) in [6.45, 7) is 0.579. The number of benzene rings is 3. The summed E-state index contributed by atoms with van der Waals surface area (Å²) in [6.07, 6.45) is 5.46. The third-order valence-corrected chi connectivity index (χ3v) is 6.40. The molecule has 1 heterocycles. The number of piperidine rings is 1. The van der Waals surface area contributed by atoms with Gasteiger partial charge in [0.05, 0.1) is 0 Å². The molecule has 0 spiro atoms. The largest absolute Gasteiger partial charge is 0.298 e. The predicted octanol–water partition coefficient (Wildman–Crippen LogP) is 6.96. The third kappa shape index (κ3) is 3.78. The quantitative estimate of drug-likeness (QED) is 0.180. The lowest BCUT2D eigenvalue weighted by Gasteiger charge is -2.30. The molecule has 1 aliphatic heterocycles. The van der Waals surface area contributed by atoms with E-state index < -0.39 is 34.6 Å². The maximum absolute atomic E-state index is 14.1. The summed E-state index contributed by atoms with van der Waals surface area (Å²) in [4.78, 5) is 1.73. The molecule has 168 valence electrons. The Labute approximate surface area is 188 Å². The fraction of sp³-hybridized carbons (Fsp3) is 0.185. The van der Waals surface area contributed by atoms with Crippen molar-refractivity contribution in [3.8, 4) is 0 Å². The average Bonchev–Trinajstić information content (AvgIpc) is 3.02. The smallest absolute Gasteiger partial charge is 0.200 e. The average molecular weight is 453 g/mol. The molecule has 1 nitrogen and oxygen atoms in total. The van der Waals surface area contributed by atoms with Gasteiger partial charge in [0.1, 0.15) is 0 Å². The lowest BCUT2D eigenvalue weighted by Crippen LogP contribution is -2.32. The van der Waals surface area contributed by atoms with Crippen molar-refractivity contribution in [3.05, 3.63) is 111 Å². The number of hydrogen-bond acceptors (Lipinski definition) is 1. The van der Waals surface area contributed by atoms with Gasteiger partial charge < -0.3 is 0 Å². The standard InChI is InChI=1S/C27H20F5N/c28-23-21(24(29)26(31)27(32)25(23)30)15-33-13-11-18(12-14-33)22-19-7-3-1-5-16(19)9-10-17-6-2-4-8-20(17)22/h1-10H,11-15H2. The molecule has 1 saturated heterocycles. The molecule has 0 saturated carbocycles. The van der Waals surface area contributed by atoms with Crippen LogP contribution >= 0.6 is 0 Å². The Morgan fingerprint density at radius 2 is 1.06 bits per heavy atom. The van der Waals surface area contributed by atoms with Crippen molar-refractivity contribution in [3.63, 3.8) is 0 Å². The minimum absolute atomic E-state index is 0.330. The molecule has 1 aliphatic carbocycles. The second-order valence-corrected chi connectivity index (χ2v) is 8.31. The summed E-state index contributed by atoms with van der Waals surface area (Å²) in [5, 5.41) is 0. The SMILES string of the molecule is Fc1c(F)c(F)c(CN2CCC(=C3c4ccccc4C=Cc4ccccc43)CC2)c(F)c1F. The van der Waals surface area contributed by atoms with Crippen LogP contribution in [0.5, 0.6) is 0 Å².